The monoisotopic (exact) mass is 724 g/mol. The van der Waals surface area contributed by atoms with E-state index in [1.807, 2.05) is 0 Å². The molecule has 30 heteroatoms. The van der Waals surface area contributed by atoms with Crippen LogP contribution in [-0.4, -0.2) is 110 Å². The number of rotatable bonds is 12. The van der Waals surface area contributed by atoms with Crippen LogP contribution in [0, 0.1) is 0 Å². The standard InChI is InChI=1S/C6H18O23P6Se/c7-30(8,9)24-1-2(25-31(10,11)12)4(27-33(16,17)18)6(29-35(22,23)36)5(28-34(19,20)21)3(1)26-32(13,14)15/h1-6H,(H2,7,8,9)(H2,10,11,12)(H2,13,14,15)(H2,16,17,18)(H2,19,20,21)(H2,22,23,36)/t1?,2-,3+,4-,5-,6?/m1/s1. The fourth-order valence-corrected chi connectivity index (χ4v) is 6.76. The Labute approximate surface area is 205 Å². The SMILES string of the molecule is O=P(O)(O)OC1[C@@H](OP(=O)(O)O)[C@@H](OP(=O)(O)O)C(OP(O)(O)=[Se])[C@H](OP(=O)(O)O)[C@H]1OP(=O)(O)O. The molecule has 12 N–H and O–H groups in total. The molecule has 6 atom stereocenters. The van der Waals surface area contributed by atoms with Crippen molar-refractivity contribution in [2.75, 3.05) is 0 Å². The molecule has 0 bridgehead atoms. The van der Waals surface area contributed by atoms with Crippen LogP contribution in [0.1, 0.15) is 0 Å². The second-order valence-corrected chi connectivity index (χ2v) is 16.5. The summed E-state index contributed by atoms with van der Waals surface area (Å²) in [6, 6.07) is 0. The summed E-state index contributed by atoms with van der Waals surface area (Å²) in [5.41, 5.74) is 0. The molecule has 0 aromatic heterocycles. The van der Waals surface area contributed by atoms with Gasteiger partial charge in [-0.2, -0.15) is 0 Å². The molecule has 0 amide bonds. The van der Waals surface area contributed by atoms with Gasteiger partial charge in [-0.25, -0.2) is 0 Å². The summed E-state index contributed by atoms with van der Waals surface area (Å²) < 4.78 is 83.0. The predicted octanol–water partition coefficient (Wildman–Crippen LogP) is -3.39. The molecule has 1 rings (SSSR count). The topological polar surface area (TPSA) is 383 Å². The van der Waals surface area contributed by atoms with E-state index in [2.05, 4.69) is 27.1 Å². The van der Waals surface area contributed by atoms with Crippen molar-refractivity contribution in [3.63, 3.8) is 0 Å². The van der Waals surface area contributed by atoms with Gasteiger partial charge in [0, 0.05) is 0 Å². The molecule has 0 aromatic rings. The summed E-state index contributed by atoms with van der Waals surface area (Å²) in [5, 5.41) is 0. The van der Waals surface area contributed by atoms with Crippen molar-refractivity contribution in [3.8, 4) is 0 Å². The first kappa shape index (κ1) is 35.4. The zero-order valence-electron chi connectivity index (χ0n) is 16.4. The summed E-state index contributed by atoms with van der Waals surface area (Å²) in [5.74, 6) is 0. The van der Waals surface area contributed by atoms with Gasteiger partial charge in [-0.3, -0.25) is 0 Å². The molecule has 1 saturated carbocycles. The molecule has 1 aliphatic rings. The first-order valence-corrected chi connectivity index (χ1v) is 19.5. The van der Waals surface area contributed by atoms with Gasteiger partial charge in [0.05, 0.1) is 0 Å². The van der Waals surface area contributed by atoms with E-state index < -0.39 is 81.9 Å². The van der Waals surface area contributed by atoms with Crippen LogP contribution in [0.4, 0.5) is 0 Å². The van der Waals surface area contributed by atoms with E-state index in [9.17, 15) is 81.5 Å². The third-order valence-electron chi connectivity index (χ3n) is 3.50. The minimum absolute atomic E-state index is 1.56. The van der Waals surface area contributed by atoms with E-state index in [1.165, 1.54) is 0 Å². The van der Waals surface area contributed by atoms with E-state index in [4.69, 9.17) is 0 Å². The van der Waals surface area contributed by atoms with Crippen molar-refractivity contribution < 1.29 is 109 Å². The minimum atomic E-state index is -5.96. The average Bonchev–Trinajstić information content (AvgIpc) is 2.51. The van der Waals surface area contributed by atoms with Crippen molar-refractivity contribution >= 4 is 60.4 Å². The Bertz CT molecular complexity index is 824. The second-order valence-electron chi connectivity index (χ2n) is 6.36. The first-order chi connectivity index (χ1) is 15.6. The fraction of sp³-hybridized carbons (Fsp3) is 1.00. The normalized spacial score (nSPS) is 29.3. The zero-order valence-corrected chi connectivity index (χ0v) is 23.5. The summed E-state index contributed by atoms with van der Waals surface area (Å²) in [7, 11) is -29.7. The molecule has 2 unspecified atom stereocenters. The van der Waals surface area contributed by atoms with Gasteiger partial charge in [0.25, 0.3) is 0 Å². The second kappa shape index (κ2) is 12.1. The van der Waals surface area contributed by atoms with Crippen LogP contribution in [0.2, 0.25) is 0 Å². The quantitative estimate of drug-likeness (QED) is 0.0689. The zero-order chi connectivity index (χ0) is 28.7. The third-order valence-corrected chi connectivity index (χ3v) is 7.15. The van der Waals surface area contributed by atoms with Crippen LogP contribution in [0.3, 0.4) is 0 Å². The molecule has 0 aromatic carbocycles. The maximum atomic E-state index is 11.5. The summed E-state index contributed by atoms with van der Waals surface area (Å²) >= 11 is 1.56. The van der Waals surface area contributed by atoms with Crippen molar-refractivity contribution in [2.45, 2.75) is 36.6 Å². The molecular weight excluding hydrogens is 705 g/mol. The average molecular weight is 723 g/mol. The third kappa shape index (κ3) is 13.6. The molecular formula is C6H18O23P6Se. The number of hydrogen-bond donors (Lipinski definition) is 12. The molecule has 36 heavy (non-hydrogen) atoms. The fourth-order valence-electron chi connectivity index (χ4n) is 2.79. The van der Waals surface area contributed by atoms with E-state index >= 15 is 0 Å². The van der Waals surface area contributed by atoms with Gasteiger partial charge in [-0.1, -0.05) is 0 Å². The van der Waals surface area contributed by atoms with Gasteiger partial charge >= 0.3 is 206 Å². The number of phosphoric acid groups is 5. The van der Waals surface area contributed by atoms with Crippen molar-refractivity contribution in [2.24, 2.45) is 0 Å². The van der Waals surface area contributed by atoms with Gasteiger partial charge in [0.1, 0.15) is 0 Å². The molecule has 216 valence electrons. The molecule has 0 spiro atoms. The maximum absolute atomic E-state index is 11.5. The Morgan fingerprint density at radius 2 is 0.500 bits per heavy atom. The Morgan fingerprint density at radius 3 is 0.611 bits per heavy atom. The Hall–Kier alpha value is 1.38. The molecule has 0 radical (unpaired) electrons. The van der Waals surface area contributed by atoms with Crippen LogP contribution in [0.15, 0.2) is 0 Å². The van der Waals surface area contributed by atoms with Gasteiger partial charge in [0.2, 0.25) is 0 Å². The van der Waals surface area contributed by atoms with E-state index in [1.54, 1.807) is 15.1 Å². The van der Waals surface area contributed by atoms with E-state index in [0.717, 1.165) is 0 Å². The Kier molecular flexibility index (Phi) is 11.9. The molecule has 0 saturated heterocycles. The van der Waals surface area contributed by atoms with Crippen molar-refractivity contribution in [1.29, 1.82) is 0 Å². The number of phosphoric ester groups is 5. The molecule has 23 nitrogen and oxygen atoms in total. The van der Waals surface area contributed by atoms with Crippen LogP contribution in [0.5, 0.6) is 0 Å². The van der Waals surface area contributed by atoms with Crippen molar-refractivity contribution in [3.05, 3.63) is 0 Å². The molecule has 1 aliphatic carbocycles. The van der Waals surface area contributed by atoms with Crippen molar-refractivity contribution in [1.82, 2.24) is 0 Å². The molecule has 1 fully saturated rings. The molecule has 0 heterocycles. The van der Waals surface area contributed by atoms with Crippen LogP contribution in [-0.2, 0) is 50.0 Å². The summed E-state index contributed by atoms with van der Waals surface area (Å²) in [6.07, 6.45) is -22.8. The first-order valence-electron chi connectivity index (χ1n) is 8.01. The van der Waals surface area contributed by atoms with Crippen LogP contribution < -0.4 is 0 Å². The van der Waals surface area contributed by atoms with Gasteiger partial charge < -0.3 is 0 Å². The summed E-state index contributed by atoms with van der Waals surface area (Å²) in [4.78, 5) is 111. The van der Waals surface area contributed by atoms with Gasteiger partial charge in [-0.05, 0) is 0 Å². The Balaban J connectivity index is 4.04. The number of hydrogen-bond acceptors (Lipinski definition) is 13. The van der Waals surface area contributed by atoms with E-state index in [0.29, 0.717) is 0 Å². The van der Waals surface area contributed by atoms with Gasteiger partial charge in [0.15, 0.2) is 0 Å². The van der Waals surface area contributed by atoms with Crippen LogP contribution >= 0.6 is 45.3 Å². The Morgan fingerprint density at radius 1 is 0.361 bits per heavy atom. The molecule has 0 aliphatic heterocycles. The van der Waals surface area contributed by atoms with Crippen LogP contribution in [0.25, 0.3) is 0 Å². The van der Waals surface area contributed by atoms with E-state index in [-0.39, 0.29) is 0 Å². The summed E-state index contributed by atoms with van der Waals surface area (Å²) in [6.45, 7) is 0. The van der Waals surface area contributed by atoms with Gasteiger partial charge in [-0.15, -0.1) is 0 Å². The predicted molar refractivity (Wildman–Crippen MR) is 107 cm³/mol.